The Labute approximate surface area is 131 Å². The number of hydrogen-bond acceptors (Lipinski definition) is 3. The van der Waals surface area contributed by atoms with Gasteiger partial charge in [-0.2, -0.15) is 0 Å². The Morgan fingerprint density at radius 1 is 1.23 bits per heavy atom. The van der Waals surface area contributed by atoms with Crippen LogP contribution in [0.3, 0.4) is 0 Å². The molecular weight excluding hydrogens is 271 g/mol. The first-order valence-electron chi connectivity index (χ1n) is 7.60. The van der Waals surface area contributed by atoms with Crippen LogP contribution in [0.5, 0.6) is 0 Å². The molecule has 0 saturated carbocycles. The number of carbonyl (C=O) groups excluding carboxylic acids is 1. The molecule has 1 unspecified atom stereocenters. The minimum absolute atomic E-state index is 0.173. The number of allylic oxidation sites excluding steroid dienone is 2. The minimum Gasteiger partial charge on any atom is -0.344 e. The second-order valence-corrected chi connectivity index (χ2v) is 5.95. The molecule has 110 valence electrons. The molecule has 2 aromatic rings. The van der Waals surface area contributed by atoms with Crippen molar-refractivity contribution in [2.24, 2.45) is 0 Å². The maximum Gasteiger partial charge on any atom is 0.158 e. The molecule has 1 atom stereocenters. The number of aryl methyl sites for hydroxylation is 1. The molecule has 22 heavy (non-hydrogen) atoms. The fourth-order valence-electron chi connectivity index (χ4n) is 2.94. The van der Waals surface area contributed by atoms with Gasteiger partial charge in [-0.15, -0.1) is 0 Å². The smallest absolute Gasteiger partial charge is 0.158 e. The number of carbonyl (C=O) groups is 1. The molecule has 1 aliphatic carbocycles. The summed E-state index contributed by atoms with van der Waals surface area (Å²) in [6.45, 7) is 2.03. The summed E-state index contributed by atoms with van der Waals surface area (Å²) >= 11 is 0. The molecule has 1 heterocycles. The third-order valence-electron chi connectivity index (χ3n) is 4.01. The van der Waals surface area contributed by atoms with Crippen LogP contribution in [0, 0.1) is 6.92 Å². The van der Waals surface area contributed by atoms with Crippen molar-refractivity contribution < 1.29 is 4.79 Å². The molecule has 3 rings (SSSR count). The molecule has 0 bridgehead atoms. The predicted octanol–water partition coefficient (Wildman–Crippen LogP) is 2.09. The number of anilines is 1. The SMILES string of the molecule is Bc1cc(C)cnc1NC1=CC(=O)CC(c2ccccc2)C1. The maximum atomic E-state index is 12.0. The Balaban J connectivity index is 1.80. The first-order chi connectivity index (χ1) is 10.6. The van der Waals surface area contributed by atoms with E-state index in [2.05, 4.69) is 28.5 Å². The molecule has 1 N–H and O–H groups in total. The standard InChI is InChI=1S/C18H19BN2O/c1-12-7-17(19)18(20-11-12)21-15-8-14(9-16(22)10-15)13-5-3-2-4-6-13/h2-7,10-11,14H,8-9,19H2,1H3,(H,20,21). The molecule has 0 aliphatic heterocycles. The van der Waals surface area contributed by atoms with E-state index in [1.807, 2.05) is 39.2 Å². The van der Waals surface area contributed by atoms with E-state index in [1.54, 1.807) is 6.08 Å². The molecule has 0 saturated heterocycles. The molecule has 4 heteroatoms. The Morgan fingerprint density at radius 3 is 2.73 bits per heavy atom. The third kappa shape index (κ3) is 3.27. The van der Waals surface area contributed by atoms with Crippen LogP contribution >= 0.6 is 0 Å². The lowest BCUT2D eigenvalue weighted by Crippen LogP contribution is -2.20. The summed E-state index contributed by atoms with van der Waals surface area (Å²) in [5, 5.41) is 3.34. The molecular formula is C18H19BN2O. The lowest BCUT2D eigenvalue weighted by atomic mass is 9.85. The number of pyridine rings is 1. The van der Waals surface area contributed by atoms with Crippen molar-refractivity contribution in [1.82, 2.24) is 4.98 Å². The zero-order valence-corrected chi connectivity index (χ0v) is 13.0. The van der Waals surface area contributed by atoms with Crippen LogP contribution in [-0.4, -0.2) is 18.6 Å². The Hall–Kier alpha value is -2.36. The number of hydrogen-bond donors (Lipinski definition) is 1. The third-order valence-corrected chi connectivity index (χ3v) is 4.01. The van der Waals surface area contributed by atoms with Crippen molar-refractivity contribution in [3.05, 3.63) is 65.5 Å². The second kappa shape index (κ2) is 6.18. The second-order valence-electron chi connectivity index (χ2n) is 5.95. The van der Waals surface area contributed by atoms with E-state index in [-0.39, 0.29) is 11.7 Å². The van der Waals surface area contributed by atoms with Gasteiger partial charge in [0.25, 0.3) is 0 Å². The average Bonchev–Trinajstić information content (AvgIpc) is 2.50. The number of benzene rings is 1. The zero-order valence-electron chi connectivity index (χ0n) is 13.0. The maximum absolute atomic E-state index is 12.0. The van der Waals surface area contributed by atoms with Crippen molar-refractivity contribution in [2.45, 2.75) is 25.7 Å². The van der Waals surface area contributed by atoms with Crippen LogP contribution in [0.1, 0.15) is 29.9 Å². The van der Waals surface area contributed by atoms with Gasteiger partial charge < -0.3 is 5.32 Å². The van der Waals surface area contributed by atoms with Gasteiger partial charge in [0, 0.05) is 24.4 Å². The first kappa shape index (κ1) is 14.6. The largest absolute Gasteiger partial charge is 0.344 e. The quantitative estimate of drug-likeness (QED) is 0.880. The van der Waals surface area contributed by atoms with Gasteiger partial charge in [0.15, 0.2) is 5.78 Å². The van der Waals surface area contributed by atoms with Gasteiger partial charge in [-0.3, -0.25) is 4.79 Å². The summed E-state index contributed by atoms with van der Waals surface area (Å²) in [6, 6.07) is 12.3. The van der Waals surface area contributed by atoms with E-state index >= 15 is 0 Å². The van der Waals surface area contributed by atoms with Crippen LogP contribution in [0.2, 0.25) is 0 Å². The molecule has 1 aromatic carbocycles. The fourth-order valence-corrected chi connectivity index (χ4v) is 2.94. The summed E-state index contributed by atoms with van der Waals surface area (Å²) in [7, 11) is 2.03. The van der Waals surface area contributed by atoms with E-state index in [9.17, 15) is 4.79 Å². The van der Waals surface area contributed by atoms with Gasteiger partial charge in [-0.05, 0) is 35.9 Å². The van der Waals surface area contributed by atoms with Crippen molar-refractivity contribution in [1.29, 1.82) is 0 Å². The van der Waals surface area contributed by atoms with E-state index in [0.29, 0.717) is 6.42 Å². The Kier molecular flexibility index (Phi) is 4.10. The monoisotopic (exact) mass is 290 g/mol. The van der Waals surface area contributed by atoms with Gasteiger partial charge in [-0.1, -0.05) is 36.4 Å². The number of rotatable bonds is 3. The number of ketones is 1. The molecule has 0 amide bonds. The van der Waals surface area contributed by atoms with E-state index < -0.39 is 0 Å². The van der Waals surface area contributed by atoms with E-state index in [0.717, 1.165) is 29.0 Å². The summed E-state index contributed by atoms with van der Waals surface area (Å²) in [5.41, 5.74) is 4.40. The Bertz CT molecular complexity index is 725. The summed E-state index contributed by atoms with van der Waals surface area (Å²) in [6.07, 6.45) is 4.98. The van der Waals surface area contributed by atoms with Gasteiger partial charge in [0.2, 0.25) is 0 Å². The first-order valence-corrected chi connectivity index (χ1v) is 7.60. The van der Waals surface area contributed by atoms with Crippen LogP contribution in [0.25, 0.3) is 0 Å². The summed E-state index contributed by atoms with van der Waals surface area (Å²) < 4.78 is 0. The normalized spacial score (nSPS) is 18.0. The Morgan fingerprint density at radius 2 is 2.00 bits per heavy atom. The minimum atomic E-state index is 0.173. The van der Waals surface area contributed by atoms with E-state index in [1.165, 1.54) is 5.56 Å². The van der Waals surface area contributed by atoms with Crippen molar-refractivity contribution in [3.63, 3.8) is 0 Å². The van der Waals surface area contributed by atoms with Crippen LogP contribution in [0.4, 0.5) is 5.82 Å². The highest BCUT2D eigenvalue weighted by molar-refractivity contribution is 6.35. The molecule has 1 aromatic heterocycles. The van der Waals surface area contributed by atoms with Crippen molar-refractivity contribution >= 4 is 24.9 Å². The van der Waals surface area contributed by atoms with Crippen LogP contribution < -0.4 is 10.8 Å². The van der Waals surface area contributed by atoms with Crippen molar-refractivity contribution in [3.8, 4) is 0 Å². The fraction of sp³-hybridized carbons (Fsp3) is 0.222. The van der Waals surface area contributed by atoms with E-state index in [4.69, 9.17) is 0 Å². The lowest BCUT2D eigenvalue weighted by molar-refractivity contribution is -0.115. The molecule has 1 aliphatic rings. The summed E-state index contributed by atoms with van der Waals surface area (Å²) in [4.78, 5) is 16.5. The molecule has 0 radical (unpaired) electrons. The predicted molar refractivity (Wildman–Crippen MR) is 92.3 cm³/mol. The van der Waals surface area contributed by atoms with Crippen LogP contribution in [0.15, 0.2) is 54.4 Å². The lowest BCUT2D eigenvalue weighted by Gasteiger charge is -2.23. The number of aromatic nitrogens is 1. The molecule has 3 nitrogen and oxygen atoms in total. The van der Waals surface area contributed by atoms with Gasteiger partial charge in [-0.25, -0.2) is 4.98 Å². The van der Waals surface area contributed by atoms with Crippen molar-refractivity contribution in [2.75, 3.05) is 5.32 Å². The highest BCUT2D eigenvalue weighted by Gasteiger charge is 2.22. The topological polar surface area (TPSA) is 42.0 Å². The highest BCUT2D eigenvalue weighted by Crippen LogP contribution is 2.31. The van der Waals surface area contributed by atoms with Gasteiger partial charge in [0.1, 0.15) is 13.7 Å². The molecule has 0 spiro atoms. The number of nitrogens with zero attached hydrogens (tertiary/aromatic N) is 1. The zero-order chi connectivity index (χ0) is 15.5. The highest BCUT2D eigenvalue weighted by atomic mass is 16.1. The van der Waals surface area contributed by atoms with Crippen LogP contribution in [-0.2, 0) is 4.79 Å². The average molecular weight is 290 g/mol. The summed E-state index contributed by atoms with van der Waals surface area (Å²) in [5.74, 6) is 1.25. The van der Waals surface area contributed by atoms with Gasteiger partial charge in [0.05, 0.1) is 0 Å². The number of nitrogens with one attached hydrogen (secondary N) is 1. The molecule has 0 fully saturated rings. The van der Waals surface area contributed by atoms with Gasteiger partial charge >= 0.3 is 0 Å².